The van der Waals surface area contributed by atoms with Gasteiger partial charge >= 0.3 is 5.97 Å². The van der Waals surface area contributed by atoms with Crippen molar-refractivity contribution in [1.29, 1.82) is 0 Å². The molecule has 2 unspecified atom stereocenters. The number of aliphatic carboxylic acids is 1. The largest absolute Gasteiger partial charge is 0.481 e. The number of carbonyl (C=O) groups is 1. The van der Waals surface area contributed by atoms with Crippen LogP contribution in [0.3, 0.4) is 0 Å². The summed E-state index contributed by atoms with van der Waals surface area (Å²) in [6.07, 6.45) is 0. The second-order valence-corrected chi connectivity index (χ2v) is 5.19. The maximum Gasteiger partial charge on any atom is 0.308 e. The number of likely N-dealkylation sites (tertiary alicyclic amines) is 1. The SMILES string of the molecule is Cc1cc(C2CN(C)CC2C(=O)O)ccc1Cl. The molecule has 0 aromatic heterocycles. The van der Waals surface area contributed by atoms with E-state index >= 15 is 0 Å². The summed E-state index contributed by atoms with van der Waals surface area (Å²) in [6.45, 7) is 3.35. The molecule has 1 N–H and O–H groups in total. The van der Waals surface area contributed by atoms with Crippen LogP contribution in [0.5, 0.6) is 0 Å². The van der Waals surface area contributed by atoms with Gasteiger partial charge in [0.1, 0.15) is 0 Å². The van der Waals surface area contributed by atoms with Gasteiger partial charge in [0, 0.05) is 24.0 Å². The lowest BCUT2D eigenvalue weighted by atomic mass is 9.88. The summed E-state index contributed by atoms with van der Waals surface area (Å²) in [5, 5.41) is 9.96. The lowest BCUT2D eigenvalue weighted by Gasteiger charge is -2.16. The zero-order valence-corrected chi connectivity index (χ0v) is 10.7. The highest BCUT2D eigenvalue weighted by Gasteiger charge is 2.36. The molecule has 1 heterocycles. The predicted molar refractivity (Wildman–Crippen MR) is 67.6 cm³/mol. The maximum atomic E-state index is 11.2. The van der Waals surface area contributed by atoms with E-state index < -0.39 is 5.97 Å². The Hall–Kier alpha value is -1.06. The van der Waals surface area contributed by atoms with E-state index in [0.29, 0.717) is 6.54 Å². The van der Waals surface area contributed by atoms with Crippen LogP contribution in [0.1, 0.15) is 17.0 Å². The summed E-state index contributed by atoms with van der Waals surface area (Å²) < 4.78 is 0. The molecule has 0 spiro atoms. The number of carboxylic acid groups (broad SMARTS) is 1. The molecule has 2 rings (SSSR count). The van der Waals surface area contributed by atoms with E-state index in [9.17, 15) is 9.90 Å². The van der Waals surface area contributed by atoms with Crippen LogP contribution < -0.4 is 0 Å². The summed E-state index contributed by atoms with van der Waals surface area (Å²) in [4.78, 5) is 13.3. The van der Waals surface area contributed by atoms with Gasteiger partial charge in [-0.05, 0) is 31.2 Å². The molecule has 1 fully saturated rings. The molecule has 1 saturated heterocycles. The third-order valence-electron chi connectivity index (χ3n) is 3.43. The molecule has 92 valence electrons. The lowest BCUT2D eigenvalue weighted by molar-refractivity contribution is -0.141. The molecule has 0 saturated carbocycles. The van der Waals surface area contributed by atoms with Gasteiger partial charge in [0.15, 0.2) is 0 Å². The molecule has 17 heavy (non-hydrogen) atoms. The van der Waals surface area contributed by atoms with Gasteiger partial charge in [-0.2, -0.15) is 0 Å². The van der Waals surface area contributed by atoms with E-state index in [-0.39, 0.29) is 11.8 Å². The van der Waals surface area contributed by atoms with Gasteiger partial charge in [-0.1, -0.05) is 23.7 Å². The smallest absolute Gasteiger partial charge is 0.308 e. The van der Waals surface area contributed by atoms with E-state index in [0.717, 1.165) is 22.7 Å². The van der Waals surface area contributed by atoms with Gasteiger partial charge in [0.05, 0.1) is 5.92 Å². The van der Waals surface area contributed by atoms with E-state index in [1.165, 1.54) is 0 Å². The van der Waals surface area contributed by atoms with Crippen molar-refractivity contribution in [3.8, 4) is 0 Å². The zero-order chi connectivity index (χ0) is 12.6. The van der Waals surface area contributed by atoms with Crippen LogP contribution in [0.15, 0.2) is 18.2 Å². The van der Waals surface area contributed by atoms with Crippen molar-refractivity contribution in [3.05, 3.63) is 34.3 Å². The van der Waals surface area contributed by atoms with Crippen LogP contribution in [-0.4, -0.2) is 36.1 Å². The third kappa shape index (κ3) is 2.45. The predicted octanol–water partition coefficient (Wildman–Crippen LogP) is 2.38. The van der Waals surface area contributed by atoms with Crippen molar-refractivity contribution in [2.24, 2.45) is 5.92 Å². The number of halogens is 1. The normalized spacial score (nSPS) is 25.1. The molecule has 4 heteroatoms. The van der Waals surface area contributed by atoms with Crippen molar-refractivity contribution in [3.63, 3.8) is 0 Å². The monoisotopic (exact) mass is 253 g/mol. The number of hydrogen-bond acceptors (Lipinski definition) is 2. The molecule has 1 aliphatic heterocycles. The van der Waals surface area contributed by atoms with E-state index in [4.69, 9.17) is 11.6 Å². The Morgan fingerprint density at radius 3 is 2.76 bits per heavy atom. The average Bonchev–Trinajstić information content (AvgIpc) is 2.64. The lowest BCUT2D eigenvalue weighted by Crippen LogP contribution is -2.21. The Morgan fingerprint density at radius 2 is 2.18 bits per heavy atom. The Labute approximate surface area is 106 Å². The van der Waals surface area contributed by atoms with Crippen LogP contribution in [0, 0.1) is 12.8 Å². The van der Waals surface area contributed by atoms with Crippen LogP contribution >= 0.6 is 11.6 Å². The number of carboxylic acids is 1. The fourth-order valence-electron chi connectivity index (χ4n) is 2.49. The first kappa shape index (κ1) is 12.4. The van der Waals surface area contributed by atoms with Gasteiger partial charge in [0.2, 0.25) is 0 Å². The van der Waals surface area contributed by atoms with Crippen molar-refractivity contribution in [2.45, 2.75) is 12.8 Å². The molecule has 0 amide bonds. The molecule has 0 bridgehead atoms. The Morgan fingerprint density at radius 1 is 1.47 bits per heavy atom. The van der Waals surface area contributed by atoms with Crippen molar-refractivity contribution in [1.82, 2.24) is 4.90 Å². The molecule has 1 aromatic rings. The highest BCUT2D eigenvalue weighted by Crippen LogP contribution is 2.33. The minimum atomic E-state index is -0.716. The Bertz CT molecular complexity index is 447. The topological polar surface area (TPSA) is 40.5 Å². The molecule has 1 aliphatic rings. The molecule has 2 atom stereocenters. The molecular weight excluding hydrogens is 238 g/mol. The summed E-state index contributed by atoms with van der Waals surface area (Å²) in [5.41, 5.74) is 2.08. The number of rotatable bonds is 2. The van der Waals surface area contributed by atoms with Crippen molar-refractivity contribution < 1.29 is 9.90 Å². The summed E-state index contributed by atoms with van der Waals surface area (Å²) in [6, 6.07) is 5.79. The summed E-state index contributed by atoms with van der Waals surface area (Å²) in [5.74, 6) is -0.971. The van der Waals surface area contributed by atoms with Crippen LogP contribution in [0.4, 0.5) is 0 Å². The highest BCUT2D eigenvalue weighted by molar-refractivity contribution is 6.31. The number of hydrogen-bond donors (Lipinski definition) is 1. The van der Waals surface area contributed by atoms with Crippen LogP contribution in [0.2, 0.25) is 5.02 Å². The average molecular weight is 254 g/mol. The second-order valence-electron chi connectivity index (χ2n) is 4.78. The number of aryl methyl sites for hydroxylation is 1. The molecule has 1 aromatic carbocycles. The molecule has 0 aliphatic carbocycles. The zero-order valence-electron chi connectivity index (χ0n) is 9.98. The van der Waals surface area contributed by atoms with Gasteiger partial charge in [-0.3, -0.25) is 4.79 Å². The van der Waals surface area contributed by atoms with Gasteiger partial charge in [-0.15, -0.1) is 0 Å². The highest BCUT2D eigenvalue weighted by atomic mass is 35.5. The molecule has 3 nitrogen and oxygen atoms in total. The summed E-state index contributed by atoms with van der Waals surface area (Å²) >= 11 is 5.99. The minimum Gasteiger partial charge on any atom is -0.481 e. The second kappa shape index (κ2) is 4.67. The first-order valence-corrected chi connectivity index (χ1v) is 6.04. The summed E-state index contributed by atoms with van der Waals surface area (Å²) in [7, 11) is 1.96. The first-order valence-electron chi connectivity index (χ1n) is 5.66. The minimum absolute atomic E-state index is 0.0634. The Balaban J connectivity index is 2.31. The molecular formula is C13H16ClNO2. The van der Waals surface area contributed by atoms with Crippen molar-refractivity contribution >= 4 is 17.6 Å². The molecule has 0 radical (unpaired) electrons. The fraction of sp³-hybridized carbons (Fsp3) is 0.462. The van der Waals surface area contributed by atoms with E-state index in [1.54, 1.807) is 0 Å². The quantitative estimate of drug-likeness (QED) is 0.880. The van der Waals surface area contributed by atoms with Crippen molar-refractivity contribution in [2.75, 3.05) is 20.1 Å². The van der Waals surface area contributed by atoms with Gasteiger partial charge in [-0.25, -0.2) is 0 Å². The van der Waals surface area contributed by atoms with Gasteiger partial charge < -0.3 is 10.0 Å². The first-order chi connectivity index (χ1) is 7.99. The fourth-order valence-corrected chi connectivity index (χ4v) is 2.60. The number of likely N-dealkylation sites (N-methyl/N-ethyl adjacent to an activating group) is 1. The van der Waals surface area contributed by atoms with E-state index in [1.807, 2.05) is 32.2 Å². The maximum absolute atomic E-state index is 11.2. The number of benzene rings is 1. The van der Waals surface area contributed by atoms with E-state index in [2.05, 4.69) is 4.90 Å². The Kier molecular flexibility index (Phi) is 3.40. The number of nitrogens with zero attached hydrogens (tertiary/aromatic N) is 1. The third-order valence-corrected chi connectivity index (χ3v) is 3.85. The van der Waals surface area contributed by atoms with Crippen LogP contribution in [0.25, 0.3) is 0 Å². The van der Waals surface area contributed by atoms with Gasteiger partial charge in [0.25, 0.3) is 0 Å². The van der Waals surface area contributed by atoms with Crippen LogP contribution in [-0.2, 0) is 4.79 Å². The standard InChI is InChI=1S/C13H16ClNO2/c1-8-5-9(3-4-12(8)14)10-6-15(2)7-11(10)13(16)17/h3-5,10-11H,6-7H2,1-2H3,(H,16,17).